The molecule has 1 atom stereocenters. The molecule has 0 aliphatic heterocycles. The molecule has 0 saturated heterocycles. The van der Waals surface area contributed by atoms with Gasteiger partial charge in [-0.2, -0.15) is 0 Å². The summed E-state index contributed by atoms with van der Waals surface area (Å²) in [6, 6.07) is 8.75. The molecule has 1 aromatic heterocycles. The Morgan fingerprint density at radius 2 is 1.92 bits per heavy atom. The number of carbonyl (C=O) groups excluding carboxylic acids is 1. The van der Waals surface area contributed by atoms with E-state index >= 15 is 0 Å². The fraction of sp³-hybridized carbons (Fsp3) is 0.474. The molecule has 1 amide bonds. The largest absolute Gasteiger partial charge is 0.361 e. The van der Waals surface area contributed by atoms with Crippen LogP contribution in [0.4, 0.5) is 5.13 Å². The van der Waals surface area contributed by atoms with E-state index in [1.807, 2.05) is 6.92 Å². The number of carbonyl (C=O) groups is 1. The zero-order chi connectivity index (χ0) is 17.5. The number of nitrogens with zero attached hydrogens (tertiary/aromatic N) is 1. The van der Waals surface area contributed by atoms with E-state index in [4.69, 9.17) is 0 Å². The number of rotatable bonds is 8. The van der Waals surface area contributed by atoms with Crippen LogP contribution in [0.1, 0.15) is 39.7 Å². The Hall–Kier alpha value is -1.88. The molecule has 1 aromatic carbocycles. The highest BCUT2D eigenvalue weighted by atomic mass is 32.1. The molecule has 0 aliphatic carbocycles. The predicted octanol–water partition coefficient (Wildman–Crippen LogP) is 4.34. The molecule has 4 nitrogen and oxygen atoms in total. The number of hydrogen-bond acceptors (Lipinski definition) is 4. The highest BCUT2D eigenvalue weighted by Crippen LogP contribution is 2.25. The van der Waals surface area contributed by atoms with E-state index in [0.29, 0.717) is 5.92 Å². The average molecular weight is 346 g/mol. The number of benzene rings is 1. The van der Waals surface area contributed by atoms with E-state index in [0.717, 1.165) is 35.8 Å². The second-order valence-corrected chi connectivity index (χ2v) is 7.51. The van der Waals surface area contributed by atoms with Crippen molar-refractivity contribution in [3.8, 4) is 11.3 Å². The first-order valence-electron chi connectivity index (χ1n) is 8.50. The molecule has 0 saturated carbocycles. The van der Waals surface area contributed by atoms with E-state index in [1.54, 1.807) is 18.3 Å². The van der Waals surface area contributed by atoms with Gasteiger partial charge in [0.2, 0.25) is 5.91 Å². The molecule has 0 radical (unpaired) electrons. The summed E-state index contributed by atoms with van der Waals surface area (Å²) >= 11 is 1.65. The number of hydrogen-bond donors (Lipinski definition) is 2. The number of aryl methyl sites for hydroxylation is 1. The summed E-state index contributed by atoms with van der Waals surface area (Å²) in [5, 5.41) is 9.36. The number of anilines is 1. The summed E-state index contributed by atoms with van der Waals surface area (Å²) in [6.45, 7) is 8.92. The van der Waals surface area contributed by atoms with Crippen LogP contribution in [0.25, 0.3) is 11.3 Å². The maximum absolute atomic E-state index is 11.0. The lowest BCUT2D eigenvalue weighted by Crippen LogP contribution is -2.30. The summed E-state index contributed by atoms with van der Waals surface area (Å²) in [5.41, 5.74) is 3.44. The SMILES string of the molecule is CC(=O)N[C@H](C)CCc1ccc(-c2csc(NCC(C)C)n2)cc1. The first-order valence-corrected chi connectivity index (χ1v) is 9.38. The standard InChI is InChI=1S/C19H27N3OS/c1-13(2)11-20-19-22-18(12-24-19)17-9-7-16(8-10-17)6-5-14(3)21-15(4)23/h7-10,12-14H,5-6,11H2,1-4H3,(H,20,22)(H,21,23)/t14-/m1/s1. The summed E-state index contributed by atoms with van der Waals surface area (Å²) < 4.78 is 0. The van der Waals surface area contributed by atoms with Gasteiger partial charge in [0.1, 0.15) is 0 Å². The van der Waals surface area contributed by atoms with Crippen LogP contribution in [0.2, 0.25) is 0 Å². The van der Waals surface area contributed by atoms with Crippen LogP contribution in [0, 0.1) is 5.92 Å². The van der Waals surface area contributed by atoms with Gasteiger partial charge in [-0.3, -0.25) is 4.79 Å². The minimum Gasteiger partial charge on any atom is -0.361 e. The van der Waals surface area contributed by atoms with Crippen LogP contribution in [-0.2, 0) is 11.2 Å². The van der Waals surface area contributed by atoms with Crippen molar-refractivity contribution in [3.05, 3.63) is 35.2 Å². The van der Waals surface area contributed by atoms with Crippen molar-refractivity contribution in [1.82, 2.24) is 10.3 Å². The summed E-state index contributed by atoms with van der Waals surface area (Å²) in [4.78, 5) is 15.7. The molecule has 2 rings (SSSR count). The smallest absolute Gasteiger partial charge is 0.217 e. The van der Waals surface area contributed by atoms with Gasteiger partial charge in [0.15, 0.2) is 5.13 Å². The molecule has 2 N–H and O–H groups in total. The summed E-state index contributed by atoms with van der Waals surface area (Å²) in [6.07, 6.45) is 1.90. The lowest BCUT2D eigenvalue weighted by Gasteiger charge is -2.12. The Kier molecular flexibility index (Phi) is 6.79. The van der Waals surface area contributed by atoms with Gasteiger partial charge in [0.25, 0.3) is 0 Å². The third-order valence-corrected chi connectivity index (χ3v) is 4.53. The van der Waals surface area contributed by atoms with Crippen molar-refractivity contribution in [2.45, 2.75) is 46.6 Å². The molecular weight excluding hydrogens is 318 g/mol. The van der Waals surface area contributed by atoms with Crippen molar-refractivity contribution in [2.75, 3.05) is 11.9 Å². The average Bonchev–Trinajstić information content (AvgIpc) is 3.00. The molecule has 0 spiro atoms. The summed E-state index contributed by atoms with van der Waals surface area (Å²) in [5.74, 6) is 0.639. The second-order valence-electron chi connectivity index (χ2n) is 6.65. The van der Waals surface area contributed by atoms with Crippen LogP contribution in [0.5, 0.6) is 0 Å². The highest BCUT2D eigenvalue weighted by molar-refractivity contribution is 7.14. The molecular formula is C19H27N3OS. The topological polar surface area (TPSA) is 54.0 Å². The van der Waals surface area contributed by atoms with Gasteiger partial charge in [-0.15, -0.1) is 11.3 Å². The molecule has 0 unspecified atom stereocenters. The van der Waals surface area contributed by atoms with Crippen LogP contribution in [-0.4, -0.2) is 23.5 Å². The molecule has 5 heteroatoms. The van der Waals surface area contributed by atoms with Crippen molar-refractivity contribution in [1.29, 1.82) is 0 Å². The van der Waals surface area contributed by atoms with Crippen LogP contribution in [0.3, 0.4) is 0 Å². The number of aromatic nitrogens is 1. The fourth-order valence-corrected chi connectivity index (χ4v) is 3.15. The Labute approximate surface area is 148 Å². The number of amides is 1. The van der Waals surface area contributed by atoms with Crippen molar-refractivity contribution in [3.63, 3.8) is 0 Å². The van der Waals surface area contributed by atoms with Gasteiger partial charge in [-0.25, -0.2) is 4.98 Å². The van der Waals surface area contributed by atoms with Crippen LogP contribution >= 0.6 is 11.3 Å². The predicted molar refractivity (Wildman–Crippen MR) is 102 cm³/mol. The van der Waals surface area contributed by atoms with Gasteiger partial charge < -0.3 is 10.6 Å². The van der Waals surface area contributed by atoms with E-state index in [-0.39, 0.29) is 11.9 Å². The molecule has 24 heavy (non-hydrogen) atoms. The zero-order valence-corrected chi connectivity index (χ0v) is 15.7. The third kappa shape index (κ3) is 5.96. The molecule has 0 fully saturated rings. The Morgan fingerprint density at radius 3 is 2.54 bits per heavy atom. The molecule has 1 heterocycles. The quantitative estimate of drug-likeness (QED) is 0.748. The lowest BCUT2D eigenvalue weighted by atomic mass is 10.0. The first-order chi connectivity index (χ1) is 11.4. The van der Waals surface area contributed by atoms with Gasteiger partial charge in [-0.1, -0.05) is 38.1 Å². The van der Waals surface area contributed by atoms with E-state index in [2.05, 4.69) is 59.1 Å². The highest BCUT2D eigenvalue weighted by Gasteiger charge is 2.07. The Morgan fingerprint density at radius 1 is 1.21 bits per heavy atom. The van der Waals surface area contributed by atoms with Crippen LogP contribution < -0.4 is 10.6 Å². The minimum atomic E-state index is 0.0308. The van der Waals surface area contributed by atoms with Crippen LogP contribution in [0.15, 0.2) is 29.6 Å². The molecule has 0 aliphatic rings. The van der Waals surface area contributed by atoms with Crippen molar-refractivity contribution < 1.29 is 4.79 Å². The molecule has 130 valence electrons. The number of thiazole rings is 1. The first kappa shape index (κ1) is 18.5. The molecule has 2 aromatic rings. The summed E-state index contributed by atoms with van der Waals surface area (Å²) in [7, 11) is 0. The van der Waals surface area contributed by atoms with E-state index in [1.165, 1.54) is 5.56 Å². The maximum Gasteiger partial charge on any atom is 0.217 e. The number of nitrogens with one attached hydrogen (secondary N) is 2. The zero-order valence-electron chi connectivity index (χ0n) is 14.9. The van der Waals surface area contributed by atoms with Gasteiger partial charge in [0.05, 0.1) is 5.69 Å². The Bertz CT molecular complexity index is 649. The van der Waals surface area contributed by atoms with Gasteiger partial charge in [-0.05, 0) is 31.2 Å². The minimum absolute atomic E-state index is 0.0308. The maximum atomic E-state index is 11.0. The van der Waals surface area contributed by atoms with Crippen molar-refractivity contribution >= 4 is 22.4 Å². The van der Waals surface area contributed by atoms with Gasteiger partial charge in [0, 0.05) is 30.5 Å². The lowest BCUT2D eigenvalue weighted by molar-refractivity contribution is -0.119. The Balaban J connectivity index is 1.90. The normalized spacial score (nSPS) is 12.2. The monoisotopic (exact) mass is 345 g/mol. The molecule has 0 bridgehead atoms. The van der Waals surface area contributed by atoms with E-state index < -0.39 is 0 Å². The second kappa shape index (κ2) is 8.83. The fourth-order valence-electron chi connectivity index (χ4n) is 2.42. The van der Waals surface area contributed by atoms with E-state index in [9.17, 15) is 4.79 Å². The third-order valence-electron chi connectivity index (χ3n) is 3.73. The van der Waals surface area contributed by atoms with Gasteiger partial charge >= 0.3 is 0 Å². The van der Waals surface area contributed by atoms with Crippen molar-refractivity contribution in [2.24, 2.45) is 5.92 Å².